The molecule has 0 heterocycles. The van der Waals surface area contributed by atoms with E-state index in [1.165, 1.54) is 0 Å². The Bertz CT molecular complexity index is 595. The molecule has 8 heteroatoms. The van der Waals surface area contributed by atoms with Crippen molar-refractivity contribution in [2.75, 3.05) is 6.54 Å². The number of rotatable bonds is 4. The van der Waals surface area contributed by atoms with Crippen LogP contribution in [-0.4, -0.2) is 20.5 Å². The van der Waals surface area contributed by atoms with Crippen LogP contribution < -0.4 is 10.5 Å². The molecule has 2 rings (SSSR count). The average molecular weight is 386 g/mol. The Labute approximate surface area is 131 Å². The second-order valence-electron chi connectivity index (χ2n) is 5.00. The molecule has 0 atom stereocenters. The van der Waals surface area contributed by atoms with E-state index in [-0.39, 0.29) is 20.9 Å². The summed E-state index contributed by atoms with van der Waals surface area (Å²) in [5, 5.41) is -0.158. The molecule has 1 aliphatic rings. The van der Waals surface area contributed by atoms with Crippen LogP contribution in [0.5, 0.6) is 0 Å². The number of nitrogens with two attached hydrogens (primary N) is 1. The number of hydrogen-bond acceptors (Lipinski definition) is 3. The standard InChI is InChI=1S/C12H15BrClFN2O2S/c13-9-5-8(15)6-10(14)11(9)20(18,19)17-12(7-16)3-1-2-4-12/h5-6,17H,1-4,7,16H2. The lowest BCUT2D eigenvalue weighted by molar-refractivity contribution is 0.399. The summed E-state index contributed by atoms with van der Waals surface area (Å²) in [6, 6.07) is 2.05. The minimum atomic E-state index is -3.87. The molecule has 1 aliphatic carbocycles. The molecule has 0 radical (unpaired) electrons. The smallest absolute Gasteiger partial charge is 0.243 e. The monoisotopic (exact) mass is 384 g/mol. The lowest BCUT2D eigenvalue weighted by Crippen LogP contribution is -2.51. The average Bonchev–Trinajstić information content (AvgIpc) is 2.75. The first-order valence-electron chi connectivity index (χ1n) is 6.18. The predicted molar refractivity (Wildman–Crippen MR) is 79.7 cm³/mol. The van der Waals surface area contributed by atoms with Crippen LogP contribution in [0.2, 0.25) is 5.02 Å². The van der Waals surface area contributed by atoms with Crippen LogP contribution in [0.25, 0.3) is 0 Å². The Balaban J connectivity index is 2.41. The van der Waals surface area contributed by atoms with Crippen LogP contribution in [0.15, 0.2) is 21.5 Å². The molecule has 1 fully saturated rings. The van der Waals surface area contributed by atoms with Crippen LogP contribution >= 0.6 is 27.5 Å². The maximum absolute atomic E-state index is 13.2. The van der Waals surface area contributed by atoms with Crippen molar-refractivity contribution in [2.45, 2.75) is 36.1 Å². The van der Waals surface area contributed by atoms with Gasteiger partial charge in [0.2, 0.25) is 10.0 Å². The van der Waals surface area contributed by atoms with E-state index in [1.54, 1.807) is 0 Å². The zero-order valence-corrected chi connectivity index (χ0v) is 13.8. The third-order valence-electron chi connectivity index (χ3n) is 3.53. The van der Waals surface area contributed by atoms with Crippen molar-refractivity contribution >= 4 is 37.6 Å². The van der Waals surface area contributed by atoms with Crippen molar-refractivity contribution in [3.63, 3.8) is 0 Å². The molecule has 0 saturated heterocycles. The van der Waals surface area contributed by atoms with E-state index in [4.69, 9.17) is 17.3 Å². The van der Waals surface area contributed by atoms with Crippen molar-refractivity contribution in [1.29, 1.82) is 0 Å². The van der Waals surface area contributed by atoms with Gasteiger partial charge in [0, 0.05) is 16.6 Å². The fourth-order valence-electron chi connectivity index (χ4n) is 2.52. The summed E-state index contributed by atoms with van der Waals surface area (Å²) in [7, 11) is -3.87. The molecule has 1 saturated carbocycles. The molecule has 0 aromatic heterocycles. The Morgan fingerprint density at radius 3 is 2.50 bits per heavy atom. The lowest BCUT2D eigenvalue weighted by Gasteiger charge is -2.28. The van der Waals surface area contributed by atoms with Gasteiger partial charge in [0.1, 0.15) is 10.7 Å². The fourth-order valence-corrected chi connectivity index (χ4v) is 5.81. The van der Waals surface area contributed by atoms with Crippen LogP contribution in [0, 0.1) is 5.82 Å². The fraction of sp³-hybridized carbons (Fsp3) is 0.500. The van der Waals surface area contributed by atoms with Gasteiger partial charge in [-0.1, -0.05) is 24.4 Å². The van der Waals surface area contributed by atoms with Gasteiger partial charge in [-0.3, -0.25) is 0 Å². The van der Waals surface area contributed by atoms with E-state index in [9.17, 15) is 12.8 Å². The molecule has 1 aromatic rings. The number of halogens is 3. The molecule has 1 aromatic carbocycles. The molecule has 20 heavy (non-hydrogen) atoms. The lowest BCUT2D eigenvalue weighted by atomic mass is 10.0. The molecule has 0 aliphatic heterocycles. The van der Waals surface area contributed by atoms with Crippen molar-refractivity contribution in [3.8, 4) is 0 Å². The first-order valence-corrected chi connectivity index (χ1v) is 8.84. The van der Waals surface area contributed by atoms with E-state index < -0.39 is 21.4 Å². The molecule has 4 nitrogen and oxygen atoms in total. The molecule has 0 spiro atoms. The maximum atomic E-state index is 13.2. The Morgan fingerprint density at radius 2 is 2.00 bits per heavy atom. The molecule has 0 bridgehead atoms. The second kappa shape index (κ2) is 5.88. The number of sulfonamides is 1. The Kier molecular flexibility index (Phi) is 4.76. The zero-order chi connectivity index (χ0) is 15.0. The van der Waals surface area contributed by atoms with Gasteiger partial charge in [-0.15, -0.1) is 0 Å². The van der Waals surface area contributed by atoms with Crippen molar-refractivity contribution in [2.24, 2.45) is 5.73 Å². The highest BCUT2D eigenvalue weighted by molar-refractivity contribution is 9.10. The summed E-state index contributed by atoms with van der Waals surface area (Å²) < 4.78 is 40.9. The molecule has 0 amide bonds. The number of hydrogen-bond donors (Lipinski definition) is 2. The van der Waals surface area contributed by atoms with Crippen LogP contribution in [0.1, 0.15) is 25.7 Å². The topological polar surface area (TPSA) is 72.2 Å². The molecular weight excluding hydrogens is 371 g/mol. The highest BCUT2D eigenvalue weighted by Gasteiger charge is 2.38. The summed E-state index contributed by atoms with van der Waals surface area (Å²) >= 11 is 8.92. The predicted octanol–water partition coefficient (Wildman–Crippen LogP) is 2.79. The Hall–Kier alpha value is -0.210. The summed E-state index contributed by atoms with van der Waals surface area (Å²) in [5.74, 6) is -0.602. The van der Waals surface area contributed by atoms with Gasteiger partial charge < -0.3 is 5.73 Å². The quantitative estimate of drug-likeness (QED) is 0.837. The van der Waals surface area contributed by atoms with Crippen molar-refractivity contribution in [1.82, 2.24) is 4.72 Å². The third-order valence-corrected chi connectivity index (χ3v) is 6.51. The molecule has 3 N–H and O–H groups in total. The highest BCUT2D eigenvalue weighted by Crippen LogP contribution is 2.34. The number of nitrogens with one attached hydrogen (secondary N) is 1. The van der Waals surface area contributed by atoms with Crippen LogP contribution in [-0.2, 0) is 10.0 Å². The van der Waals surface area contributed by atoms with E-state index >= 15 is 0 Å². The largest absolute Gasteiger partial charge is 0.329 e. The van der Waals surface area contributed by atoms with Gasteiger partial charge in [0.15, 0.2) is 0 Å². The van der Waals surface area contributed by atoms with Crippen molar-refractivity contribution < 1.29 is 12.8 Å². The van der Waals surface area contributed by atoms with Crippen LogP contribution in [0.3, 0.4) is 0 Å². The highest BCUT2D eigenvalue weighted by atomic mass is 79.9. The van der Waals surface area contributed by atoms with Gasteiger partial charge in [0.25, 0.3) is 0 Å². The molecule has 112 valence electrons. The minimum Gasteiger partial charge on any atom is -0.329 e. The first kappa shape index (κ1) is 16.2. The second-order valence-corrected chi connectivity index (χ2v) is 7.88. The Morgan fingerprint density at radius 1 is 1.40 bits per heavy atom. The number of benzene rings is 1. The van der Waals surface area contributed by atoms with Gasteiger partial charge >= 0.3 is 0 Å². The summed E-state index contributed by atoms with van der Waals surface area (Å²) in [6.07, 6.45) is 3.24. The molecular formula is C12H15BrClFN2O2S. The van der Waals surface area contributed by atoms with E-state index in [2.05, 4.69) is 20.7 Å². The summed E-state index contributed by atoms with van der Waals surface area (Å²) in [6.45, 7) is 0.225. The van der Waals surface area contributed by atoms with E-state index in [1.807, 2.05) is 0 Å². The van der Waals surface area contributed by atoms with Gasteiger partial charge in [-0.2, -0.15) is 0 Å². The van der Waals surface area contributed by atoms with Gasteiger partial charge in [-0.25, -0.2) is 17.5 Å². The molecule has 0 unspecified atom stereocenters. The normalized spacial score (nSPS) is 18.4. The maximum Gasteiger partial charge on any atom is 0.243 e. The van der Waals surface area contributed by atoms with E-state index in [0.29, 0.717) is 12.8 Å². The third kappa shape index (κ3) is 3.17. The van der Waals surface area contributed by atoms with E-state index in [0.717, 1.165) is 25.0 Å². The first-order chi connectivity index (χ1) is 9.30. The zero-order valence-electron chi connectivity index (χ0n) is 10.6. The summed E-state index contributed by atoms with van der Waals surface area (Å²) in [5.41, 5.74) is 5.09. The minimum absolute atomic E-state index is 0.0974. The van der Waals surface area contributed by atoms with Gasteiger partial charge in [-0.05, 0) is 40.9 Å². The summed E-state index contributed by atoms with van der Waals surface area (Å²) in [4.78, 5) is -0.153. The van der Waals surface area contributed by atoms with Crippen LogP contribution in [0.4, 0.5) is 4.39 Å². The van der Waals surface area contributed by atoms with Crippen molar-refractivity contribution in [3.05, 3.63) is 27.4 Å². The SMILES string of the molecule is NCC1(NS(=O)(=O)c2c(Cl)cc(F)cc2Br)CCCC1. The van der Waals surface area contributed by atoms with Gasteiger partial charge in [0.05, 0.1) is 5.02 Å².